The first-order valence-electron chi connectivity index (χ1n) is 10.6. The predicted molar refractivity (Wildman–Crippen MR) is 94.9 cm³/mol. The molecule has 1 aliphatic heterocycles. The molecule has 5 aliphatic carbocycles. The molecule has 2 atom stereocenters. The van der Waals surface area contributed by atoms with Crippen molar-refractivity contribution in [3.8, 4) is 0 Å². The molecule has 0 aromatic heterocycles. The molecule has 6 aliphatic rings. The van der Waals surface area contributed by atoms with Gasteiger partial charge in [0.25, 0.3) is 0 Å². The molecule has 1 spiro atoms. The predicted octanol–water partition coefficient (Wildman–Crippen LogP) is 2.98. The minimum absolute atomic E-state index is 0.0171. The summed E-state index contributed by atoms with van der Waals surface area (Å²) in [7, 11) is 0. The Morgan fingerprint density at radius 1 is 1.04 bits per heavy atom. The lowest BCUT2D eigenvalue weighted by Crippen LogP contribution is -2.64. The Morgan fingerprint density at radius 2 is 1.60 bits per heavy atom. The van der Waals surface area contributed by atoms with Gasteiger partial charge in [-0.1, -0.05) is 0 Å². The molecule has 25 heavy (non-hydrogen) atoms. The van der Waals surface area contributed by atoms with E-state index in [0.717, 1.165) is 76.0 Å². The molecule has 1 N–H and O–H groups in total. The summed E-state index contributed by atoms with van der Waals surface area (Å²) in [5, 5.41) is 10.4. The maximum Gasteiger partial charge on any atom is 0.228 e. The molecule has 0 unspecified atom stereocenters. The fourth-order valence-corrected chi connectivity index (χ4v) is 7.65. The molecular formula is C21H33NO3. The van der Waals surface area contributed by atoms with E-state index in [9.17, 15) is 9.90 Å². The summed E-state index contributed by atoms with van der Waals surface area (Å²) in [6.45, 7) is 4.39. The monoisotopic (exact) mass is 347 g/mol. The van der Waals surface area contributed by atoms with Crippen LogP contribution >= 0.6 is 0 Å². The zero-order valence-electron chi connectivity index (χ0n) is 15.6. The number of piperidine rings is 1. The molecule has 0 aromatic carbocycles. The molecule has 4 heteroatoms. The standard InChI is InChI=1S/C21H33NO3/c1-2-25-18-10-17(23)21(18)3-5-22(6-4-21)19(24)20-11-14-7-15(12-20)9-16(8-14)13-20/h14-18,23H,2-13H2,1H3/t14?,15?,16?,17-,18-,20?/m0/s1. The molecule has 6 fully saturated rings. The van der Waals surface area contributed by atoms with Crippen molar-refractivity contribution in [2.24, 2.45) is 28.6 Å². The van der Waals surface area contributed by atoms with Gasteiger partial charge in [-0.15, -0.1) is 0 Å². The summed E-state index contributed by atoms with van der Waals surface area (Å²) in [6.07, 6.45) is 10.2. The van der Waals surface area contributed by atoms with E-state index in [2.05, 4.69) is 4.90 Å². The maximum atomic E-state index is 13.5. The van der Waals surface area contributed by atoms with Crippen LogP contribution in [0.25, 0.3) is 0 Å². The quantitative estimate of drug-likeness (QED) is 0.854. The summed E-state index contributed by atoms with van der Waals surface area (Å²) in [6, 6.07) is 0. The number of carbonyl (C=O) groups is 1. The third-order valence-electron chi connectivity index (χ3n) is 8.58. The van der Waals surface area contributed by atoms with E-state index < -0.39 is 0 Å². The van der Waals surface area contributed by atoms with Gasteiger partial charge in [0.2, 0.25) is 5.91 Å². The average Bonchev–Trinajstić information content (AvgIpc) is 2.60. The van der Waals surface area contributed by atoms with Gasteiger partial charge in [-0.2, -0.15) is 0 Å². The van der Waals surface area contributed by atoms with Gasteiger partial charge in [0.1, 0.15) is 0 Å². The van der Waals surface area contributed by atoms with Crippen molar-refractivity contribution in [1.82, 2.24) is 4.90 Å². The Labute approximate surface area is 151 Å². The number of aliphatic hydroxyl groups excluding tert-OH is 1. The van der Waals surface area contributed by atoms with Crippen molar-refractivity contribution in [3.63, 3.8) is 0 Å². The van der Waals surface area contributed by atoms with E-state index in [0.29, 0.717) is 5.91 Å². The fraction of sp³-hybridized carbons (Fsp3) is 0.952. The van der Waals surface area contributed by atoms with Crippen LogP contribution in [0, 0.1) is 28.6 Å². The third-order valence-corrected chi connectivity index (χ3v) is 8.58. The van der Waals surface area contributed by atoms with Gasteiger partial charge in [-0.05, 0) is 76.0 Å². The second-order valence-electron chi connectivity index (χ2n) is 9.92. The lowest BCUT2D eigenvalue weighted by molar-refractivity contribution is -0.212. The Balaban J connectivity index is 1.28. The lowest BCUT2D eigenvalue weighted by Gasteiger charge is -2.59. The van der Waals surface area contributed by atoms with E-state index in [-0.39, 0.29) is 23.0 Å². The zero-order chi connectivity index (χ0) is 17.2. The fourth-order valence-electron chi connectivity index (χ4n) is 7.65. The molecule has 0 radical (unpaired) electrons. The molecule has 5 saturated carbocycles. The molecular weight excluding hydrogens is 314 g/mol. The number of amides is 1. The summed E-state index contributed by atoms with van der Waals surface area (Å²) in [4.78, 5) is 15.6. The van der Waals surface area contributed by atoms with Gasteiger partial charge in [-0.3, -0.25) is 4.79 Å². The van der Waals surface area contributed by atoms with Crippen molar-refractivity contribution < 1.29 is 14.6 Å². The van der Waals surface area contributed by atoms with Crippen molar-refractivity contribution in [2.75, 3.05) is 19.7 Å². The van der Waals surface area contributed by atoms with E-state index >= 15 is 0 Å². The summed E-state index contributed by atoms with van der Waals surface area (Å²) < 4.78 is 5.87. The van der Waals surface area contributed by atoms with Crippen LogP contribution in [-0.4, -0.2) is 47.8 Å². The second-order valence-corrected chi connectivity index (χ2v) is 9.92. The number of ether oxygens (including phenoxy) is 1. The van der Waals surface area contributed by atoms with Crippen LogP contribution in [0.15, 0.2) is 0 Å². The van der Waals surface area contributed by atoms with E-state index in [4.69, 9.17) is 4.74 Å². The largest absolute Gasteiger partial charge is 0.392 e. The van der Waals surface area contributed by atoms with Crippen LogP contribution in [0.5, 0.6) is 0 Å². The molecule has 4 nitrogen and oxygen atoms in total. The van der Waals surface area contributed by atoms with Gasteiger partial charge in [0, 0.05) is 31.5 Å². The van der Waals surface area contributed by atoms with E-state index in [1.54, 1.807) is 0 Å². The Kier molecular flexibility index (Phi) is 3.77. The zero-order valence-corrected chi connectivity index (χ0v) is 15.6. The molecule has 1 saturated heterocycles. The number of hydrogen-bond acceptors (Lipinski definition) is 3. The highest BCUT2D eigenvalue weighted by molar-refractivity contribution is 5.83. The molecule has 1 amide bonds. The summed E-state index contributed by atoms with van der Waals surface area (Å²) in [5.74, 6) is 2.93. The van der Waals surface area contributed by atoms with Crippen molar-refractivity contribution >= 4 is 5.91 Å². The summed E-state index contributed by atoms with van der Waals surface area (Å²) >= 11 is 0. The highest BCUT2D eigenvalue weighted by Gasteiger charge is 2.59. The first kappa shape index (κ1) is 16.6. The van der Waals surface area contributed by atoms with Crippen molar-refractivity contribution in [3.05, 3.63) is 0 Å². The van der Waals surface area contributed by atoms with E-state index in [1.165, 1.54) is 19.3 Å². The van der Waals surface area contributed by atoms with Crippen molar-refractivity contribution in [1.29, 1.82) is 0 Å². The maximum absolute atomic E-state index is 13.5. The van der Waals surface area contributed by atoms with Crippen LogP contribution in [-0.2, 0) is 9.53 Å². The topological polar surface area (TPSA) is 49.8 Å². The summed E-state index contributed by atoms with van der Waals surface area (Å²) in [5.41, 5.74) is -0.0922. The first-order chi connectivity index (χ1) is 12.0. The first-order valence-corrected chi connectivity index (χ1v) is 10.6. The highest BCUT2D eigenvalue weighted by Crippen LogP contribution is 2.61. The lowest BCUT2D eigenvalue weighted by atomic mass is 9.49. The van der Waals surface area contributed by atoms with Crippen LogP contribution < -0.4 is 0 Å². The minimum atomic E-state index is -0.235. The normalized spacial score (nSPS) is 47.1. The minimum Gasteiger partial charge on any atom is -0.392 e. The Hall–Kier alpha value is -0.610. The molecule has 1 heterocycles. The molecule has 0 aromatic rings. The number of rotatable bonds is 3. The van der Waals surface area contributed by atoms with Gasteiger partial charge >= 0.3 is 0 Å². The van der Waals surface area contributed by atoms with E-state index in [1.807, 2.05) is 6.92 Å². The van der Waals surface area contributed by atoms with Gasteiger partial charge in [0.05, 0.1) is 17.6 Å². The average molecular weight is 347 g/mol. The smallest absolute Gasteiger partial charge is 0.228 e. The third kappa shape index (κ3) is 2.36. The number of likely N-dealkylation sites (tertiary alicyclic amines) is 1. The van der Waals surface area contributed by atoms with Crippen molar-refractivity contribution in [2.45, 2.75) is 76.9 Å². The van der Waals surface area contributed by atoms with Crippen LogP contribution in [0.3, 0.4) is 0 Å². The molecule has 6 rings (SSSR count). The highest BCUT2D eigenvalue weighted by atomic mass is 16.5. The SMILES string of the molecule is CCO[C@H]1C[C@H](O)C12CCN(C(=O)C13CC4CC(CC(C4)C1)C3)CC2. The molecule has 4 bridgehead atoms. The van der Waals surface area contributed by atoms with Gasteiger partial charge in [0.15, 0.2) is 0 Å². The van der Waals surface area contributed by atoms with Crippen LogP contribution in [0.2, 0.25) is 0 Å². The Bertz CT molecular complexity index is 514. The number of nitrogens with zero attached hydrogens (tertiary/aromatic N) is 1. The van der Waals surface area contributed by atoms with Crippen LogP contribution in [0.4, 0.5) is 0 Å². The molecule has 140 valence electrons. The number of hydrogen-bond donors (Lipinski definition) is 1. The number of carbonyl (C=O) groups excluding carboxylic acids is 1. The Morgan fingerprint density at radius 3 is 2.08 bits per heavy atom. The van der Waals surface area contributed by atoms with Gasteiger partial charge in [-0.25, -0.2) is 0 Å². The van der Waals surface area contributed by atoms with Crippen LogP contribution in [0.1, 0.15) is 64.7 Å². The second kappa shape index (κ2) is 5.69. The van der Waals surface area contributed by atoms with Gasteiger partial charge < -0.3 is 14.7 Å². The number of aliphatic hydroxyl groups is 1.